The number of amides is 1. The molecule has 0 aliphatic heterocycles. The van der Waals surface area contributed by atoms with Crippen molar-refractivity contribution in [1.82, 2.24) is 0 Å². The van der Waals surface area contributed by atoms with Crippen molar-refractivity contribution < 1.29 is 4.79 Å². The highest BCUT2D eigenvalue weighted by Crippen LogP contribution is 2.27. The van der Waals surface area contributed by atoms with Crippen molar-refractivity contribution in [3.05, 3.63) is 54.6 Å². The van der Waals surface area contributed by atoms with Crippen LogP contribution in [0.1, 0.15) is 33.1 Å². The minimum Gasteiger partial charge on any atom is -0.326 e. The van der Waals surface area contributed by atoms with E-state index in [-0.39, 0.29) is 5.91 Å². The second-order valence-corrected chi connectivity index (χ2v) is 5.56. The number of benzene rings is 2. The minimum absolute atomic E-state index is 0.0966. The van der Waals surface area contributed by atoms with E-state index >= 15 is 0 Å². The molecule has 0 saturated carbocycles. The predicted molar refractivity (Wildman–Crippen MR) is 89.2 cm³/mol. The second kappa shape index (κ2) is 7.63. The largest absolute Gasteiger partial charge is 0.326 e. The Morgan fingerprint density at radius 1 is 1.05 bits per heavy atom. The SMILES string of the molecule is CCCC(C)CC(=O)Nc1ccccc1-c1ccccc1. The topological polar surface area (TPSA) is 29.1 Å². The van der Waals surface area contributed by atoms with Crippen LogP contribution in [-0.4, -0.2) is 5.91 Å². The molecule has 110 valence electrons. The molecule has 0 spiro atoms. The Hall–Kier alpha value is -2.09. The zero-order chi connectivity index (χ0) is 15.1. The Morgan fingerprint density at radius 2 is 1.71 bits per heavy atom. The van der Waals surface area contributed by atoms with Crippen molar-refractivity contribution in [2.75, 3.05) is 5.32 Å². The van der Waals surface area contributed by atoms with E-state index in [0.29, 0.717) is 12.3 Å². The summed E-state index contributed by atoms with van der Waals surface area (Å²) in [6.07, 6.45) is 2.79. The van der Waals surface area contributed by atoms with Gasteiger partial charge in [-0.15, -0.1) is 0 Å². The van der Waals surface area contributed by atoms with Crippen LogP contribution in [-0.2, 0) is 4.79 Å². The van der Waals surface area contributed by atoms with E-state index in [4.69, 9.17) is 0 Å². The van der Waals surface area contributed by atoms with E-state index in [2.05, 4.69) is 31.3 Å². The smallest absolute Gasteiger partial charge is 0.224 e. The molecule has 2 heteroatoms. The molecule has 0 aromatic heterocycles. The first-order chi connectivity index (χ1) is 10.2. The molecule has 0 radical (unpaired) electrons. The number of hydrogen-bond donors (Lipinski definition) is 1. The van der Waals surface area contributed by atoms with Gasteiger partial charge < -0.3 is 5.32 Å². The van der Waals surface area contributed by atoms with Gasteiger partial charge in [0.2, 0.25) is 5.91 Å². The molecule has 1 unspecified atom stereocenters. The van der Waals surface area contributed by atoms with Gasteiger partial charge in [0.25, 0.3) is 0 Å². The van der Waals surface area contributed by atoms with Gasteiger partial charge in [-0.3, -0.25) is 4.79 Å². The molecule has 0 aliphatic carbocycles. The zero-order valence-corrected chi connectivity index (χ0v) is 12.8. The van der Waals surface area contributed by atoms with Crippen molar-refractivity contribution in [3.8, 4) is 11.1 Å². The van der Waals surface area contributed by atoms with Gasteiger partial charge in [-0.2, -0.15) is 0 Å². The summed E-state index contributed by atoms with van der Waals surface area (Å²) < 4.78 is 0. The average molecular weight is 281 g/mol. The van der Waals surface area contributed by atoms with Crippen molar-refractivity contribution in [2.45, 2.75) is 33.1 Å². The summed E-state index contributed by atoms with van der Waals surface area (Å²) in [7, 11) is 0. The summed E-state index contributed by atoms with van der Waals surface area (Å²) in [6.45, 7) is 4.28. The van der Waals surface area contributed by atoms with Crippen LogP contribution in [0, 0.1) is 5.92 Å². The third-order valence-corrected chi connectivity index (χ3v) is 3.60. The normalized spacial score (nSPS) is 11.9. The van der Waals surface area contributed by atoms with E-state index in [0.717, 1.165) is 29.7 Å². The average Bonchev–Trinajstić information content (AvgIpc) is 2.48. The fraction of sp³-hybridized carbons (Fsp3) is 0.316. The van der Waals surface area contributed by atoms with Crippen LogP contribution in [0.3, 0.4) is 0 Å². The van der Waals surface area contributed by atoms with Crippen LogP contribution in [0.4, 0.5) is 5.69 Å². The Morgan fingerprint density at radius 3 is 2.43 bits per heavy atom. The fourth-order valence-electron chi connectivity index (χ4n) is 2.57. The molecule has 0 saturated heterocycles. The first-order valence-corrected chi connectivity index (χ1v) is 7.65. The molecule has 2 nitrogen and oxygen atoms in total. The Balaban J connectivity index is 2.12. The minimum atomic E-state index is 0.0966. The zero-order valence-electron chi connectivity index (χ0n) is 12.8. The molecule has 1 N–H and O–H groups in total. The molecule has 0 fully saturated rings. The summed E-state index contributed by atoms with van der Waals surface area (Å²) in [5.74, 6) is 0.526. The Kier molecular flexibility index (Phi) is 5.56. The van der Waals surface area contributed by atoms with Crippen molar-refractivity contribution >= 4 is 11.6 Å². The molecule has 0 heterocycles. The molecule has 2 rings (SSSR count). The molecule has 1 atom stereocenters. The number of para-hydroxylation sites is 1. The maximum absolute atomic E-state index is 12.2. The fourth-order valence-corrected chi connectivity index (χ4v) is 2.57. The number of carbonyl (C=O) groups excluding carboxylic acids is 1. The maximum Gasteiger partial charge on any atom is 0.224 e. The van der Waals surface area contributed by atoms with Gasteiger partial charge >= 0.3 is 0 Å². The van der Waals surface area contributed by atoms with E-state index in [1.54, 1.807) is 0 Å². The standard InChI is InChI=1S/C19H23NO/c1-3-9-15(2)14-19(21)20-18-13-8-7-12-17(18)16-10-5-4-6-11-16/h4-8,10-13,15H,3,9,14H2,1-2H3,(H,20,21). The van der Waals surface area contributed by atoms with Crippen LogP contribution < -0.4 is 5.32 Å². The van der Waals surface area contributed by atoms with Crippen molar-refractivity contribution in [3.63, 3.8) is 0 Å². The van der Waals surface area contributed by atoms with Gasteiger partial charge in [-0.25, -0.2) is 0 Å². The lowest BCUT2D eigenvalue weighted by Gasteiger charge is -2.13. The summed E-state index contributed by atoms with van der Waals surface area (Å²) >= 11 is 0. The number of nitrogens with one attached hydrogen (secondary N) is 1. The predicted octanol–water partition coefficient (Wildman–Crippen LogP) is 5.12. The Bertz CT molecular complexity index is 577. The highest BCUT2D eigenvalue weighted by Gasteiger charge is 2.11. The monoisotopic (exact) mass is 281 g/mol. The lowest BCUT2D eigenvalue weighted by molar-refractivity contribution is -0.117. The van der Waals surface area contributed by atoms with Gasteiger partial charge in [0.15, 0.2) is 0 Å². The third kappa shape index (κ3) is 4.45. The van der Waals surface area contributed by atoms with Crippen LogP contribution in [0.25, 0.3) is 11.1 Å². The highest BCUT2D eigenvalue weighted by atomic mass is 16.1. The third-order valence-electron chi connectivity index (χ3n) is 3.60. The number of anilines is 1. The second-order valence-electron chi connectivity index (χ2n) is 5.56. The first kappa shape index (κ1) is 15.3. The van der Waals surface area contributed by atoms with Crippen molar-refractivity contribution in [2.24, 2.45) is 5.92 Å². The van der Waals surface area contributed by atoms with E-state index in [1.807, 2.05) is 42.5 Å². The summed E-state index contributed by atoms with van der Waals surface area (Å²) in [5, 5.41) is 3.06. The first-order valence-electron chi connectivity index (χ1n) is 7.65. The molecular weight excluding hydrogens is 258 g/mol. The van der Waals surface area contributed by atoms with Crippen LogP contribution in [0.15, 0.2) is 54.6 Å². The van der Waals surface area contributed by atoms with Gasteiger partial charge in [0, 0.05) is 17.7 Å². The van der Waals surface area contributed by atoms with Crippen molar-refractivity contribution in [1.29, 1.82) is 0 Å². The lowest BCUT2D eigenvalue weighted by Crippen LogP contribution is -2.15. The van der Waals surface area contributed by atoms with Crippen LogP contribution in [0.2, 0.25) is 0 Å². The van der Waals surface area contributed by atoms with Crippen LogP contribution in [0.5, 0.6) is 0 Å². The van der Waals surface area contributed by atoms with E-state index in [9.17, 15) is 4.79 Å². The molecular formula is C19H23NO. The maximum atomic E-state index is 12.2. The number of hydrogen-bond acceptors (Lipinski definition) is 1. The summed E-state index contributed by atoms with van der Waals surface area (Å²) in [5.41, 5.74) is 3.07. The molecule has 21 heavy (non-hydrogen) atoms. The number of carbonyl (C=O) groups is 1. The molecule has 0 aliphatic rings. The van der Waals surface area contributed by atoms with Gasteiger partial charge in [0.05, 0.1) is 0 Å². The molecule has 0 bridgehead atoms. The van der Waals surface area contributed by atoms with E-state index < -0.39 is 0 Å². The summed E-state index contributed by atoms with van der Waals surface area (Å²) in [4.78, 5) is 12.2. The van der Waals surface area contributed by atoms with Gasteiger partial charge in [-0.05, 0) is 17.5 Å². The molecule has 1 amide bonds. The van der Waals surface area contributed by atoms with Crippen LogP contribution >= 0.6 is 0 Å². The van der Waals surface area contributed by atoms with Gasteiger partial charge in [-0.1, -0.05) is 75.2 Å². The lowest BCUT2D eigenvalue weighted by atomic mass is 10.0. The van der Waals surface area contributed by atoms with E-state index in [1.165, 1.54) is 0 Å². The molecule has 2 aromatic rings. The quantitative estimate of drug-likeness (QED) is 0.782. The number of rotatable bonds is 6. The Labute approximate surface area is 127 Å². The summed E-state index contributed by atoms with van der Waals surface area (Å²) in [6, 6.07) is 18.1. The van der Waals surface area contributed by atoms with Gasteiger partial charge in [0.1, 0.15) is 0 Å². The molecule has 2 aromatic carbocycles. The highest BCUT2D eigenvalue weighted by molar-refractivity contribution is 5.95.